The maximum Gasteiger partial charge on any atom is 0.238 e. The van der Waals surface area contributed by atoms with E-state index in [4.69, 9.17) is 15.1 Å². The molecule has 2 heterocycles. The number of benzene rings is 3. The number of para-hydroxylation sites is 2. The Morgan fingerprint density at radius 3 is 2.00 bits per heavy atom. The van der Waals surface area contributed by atoms with E-state index in [0.717, 1.165) is 16.6 Å². The average Bonchev–Trinajstić information content (AvgIpc) is 3.10. The molecular weight excluding hydrogens is 386 g/mol. The molecule has 0 aliphatic carbocycles. The second kappa shape index (κ2) is 6.47. The van der Waals surface area contributed by atoms with Crippen LogP contribution in [0.2, 0.25) is 0 Å². The Kier molecular flexibility index (Phi) is 3.90. The monoisotopic (exact) mass is 401 g/mol. The lowest BCUT2D eigenvalue weighted by Gasteiger charge is -2.09. The molecule has 0 amide bonds. The molecule has 5 aromatic rings. The first-order valence-electron chi connectivity index (χ1n) is 8.85. The van der Waals surface area contributed by atoms with E-state index in [9.17, 15) is 8.42 Å². The van der Waals surface area contributed by atoms with Crippen LogP contribution in [0.3, 0.4) is 0 Å². The summed E-state index contributed by atoms with van der Waals surface area (Å²) in [5.41, 5.74) is 4.22. The molecule has 0 saturated carbocycles. The van der Waals surface area contributed by atoms with Crippen LogP contribution >= 0.6 is 0 Å². The van der Waals surface area contributed by atoms with Crippen LogP contribution in [0, 0.1) is 0 Å². The van der Waals surface area contributed by atoms with Gasteiger partial charge in [-0.3, -0.25) is 4.57 Å². The summed E-state index contributed by atoms with van der Waals surface area (Å²) < 4.78 is 25.1. The first-order valence-corrected chi connectivity index (χ1v) is 10.4. The summed E-state index contributed by atoms with van der Waals surface area (Å²) in [5.74, 6) is 0.666. The number of hydrogen-bond acceptors (Lipinski definition) is 5. The van der Waals surface area contributed by atoms with E-state index in [1.54, 1.807) is 12.1 Å². The highest BCUT2D eigenvalue weighted by Gasteiger charge is 2.18. The number of primary sulfonamides is 1. The molecular formula is C21H15N5O2S. The van der Waals surface area contributed by atoms with Gasteiger partial charge in [0.15, 0.2) is 11.3 Å². The molecule has 0 atom stereocenters. The van der Waals surface area contributed by atoms with E-state index < -0.39 is 10.0 Å². The highest BCUT2D eigenvalue weighted by molar-refractivity contribution is 7.89. The van der Waals surface area contributed by atoms with Gasteiger partial charge >= 0.3 is 0 Å². The fourth-order valence-electron chi connectivity index (χ4n) is 3.27. The van der Waals surface area contributed by atoms with Gasteiger partial charge in [-0.2, -0.15) is 0 Å². The standard InChI is InChI=1S/C21H15N5O2S/c22-29(27,28)16-12-10-15(11-13-16)26-20(14-6-2-1-3-7-14)25-19-21(26)24-18-9-5-4-8-17(18)23-19/h1-13H,(H2,22,27,28). The molecule has 0 aliphatic rings. The van der Waals surface area contributed by atoms with Crippen molar-refractivity contribution in [2.24, 2.45) is 5.14 Å². The van der Waals surface area contributed by atoms with Crippen LogP contribution in [0.1, 0.15) is 0 Å². The Morgan fingerprint density at radius 2 is 1.34 bits per heavy atom. The number of imidazole rings is 1. The summed E-state index contributed by atoms with van der Waals surface area (Å²) in [4.78, 5) is 14.2. The third-order valence-corrected chi connectivity index (χ3v) is 5.55. The van der Waals surface area contributed by atoms with Crippen molar-refractivity contribution in [2.75, 3.05) is 0 Å². The second-order valence-corrected chi connectivity index (χ2v) is 8.10. The fraction of sp³-hybridized carbons (Fsp3) is 0. The van der Waals surface area contributed by atoms with Crippen LogP contribution in [-0.2, 0) is 10.0 Å². The van der Waals surface area contributed by atoms with Gasteiger partial charge in [-0.15, -0.1) is 0 Å². The van der Waals surface area contributed by atoms with Crippen molar-refractivity contribution in [3.05, 3.63) is 78.9 Å². The summed E-state index contributed by atoms with van der Waals surface area (Å²) in [6.45, 7) is 0. The molecule has 142 valence electrons. The number of hydrogen-bond donors (Lipinski definition) is 1. The molecule has 8 heteroatoms. The summed E-state index contributed by atoms with van der Waals surface area (Å²) in [7, 11) is -3.77. The molecule has 0 unspecified atom stereocenters. The van der Waals surface area contributed by atoms with Gasteiger partial charge in [0.25, 0.3) is 0 Å². The molecule has 0 fully saturated rings. The minimum absolute atomic E-state index is 0.0449. The molecule has 0 radical (unpaired) electrons. The minimum Gasteiger partial charge on any atom is -0.275 e. The lowest BCUT2D eigenvalue weighted by molar-refractivity contribution is 0.598. The lowest BCUT2D eigenvalue weighted by atomic mass is 10.2. The first kappa shape index (κ1) is 17.5. The van der Waals surface area contributed by atoms with Crippen LogP contribution in [0.5, 0.6) is 0 Å². The zero-order valence-corrected chi connectivity index (χ0v) is 15.9. The molecule has 0 saturated heterocycles. The molecule has 2 N–H and O–H groups in total. The van der Waals surface area contributed by atoms with Crippen molar-refractivity contribution in [2.45, 2.75) is 4.90 Å². The Morgan fingerprint density at radius 1 is 0.724 bits per heavy atom. The maximum absolute atomic E-state index is 11.6. The smallest absolute Gasteiger partial charge is 0.238 e. The number of aromatic nitrogens is 4. The normalized spacial score (nSPS) is 11.9. The molecule has 5 rings (SSSR count). The van der Waals surface area contributed by atoms with Gasteiger partial charge < -0.3 is 0 Å². The zero-order chi connectivity index (χ0) is 20.0. The van der Waals surface area contributed by atoms with E-state index in [0.29, 0.717) is 22.8 Å². The number of sulfonamides is 1. The van der Waals surface area contributed by atoms with Gasteiger partial charge in [0.1, 0.15) is 5.82 Å². The summed E-state index contributed by atoms with van der Waals surface area (Å²) in [5, 5.41) is 5.23. The number of nitrogens with zero attached hydrogens (tertiary/aromatic N) is 4. The topological polar surface area (TPSA) is 104 Å². The van der Waals surface area contributed by atoms with E-state index >= 15 is 0 Å². The Bertz CT molecular complexity index is 1460. The van der Waals surface area contributed by atoms with Crippen molar-refractivity contribution in [3.63, 3.8) is 0 Å². The first-order chi connectivity index (χ1) is 14.0. The van der Waals surface area contributed by atoms with Gasteiger partial charge in [-0.1, -0.05) is 42.5 Å². The zero-order valence-electron chi connectivity index (χ0n) is 15.1. The number of nitrogens with two attached hydrogens (primary N) is 1. The largest absolute Gasteiger partial charge is 0.275 e. The maximum atomic E-state index is 11.6. The van der Waals surface area contributed by atoms with Crippen molar-refractivity contribution in [3.8, 4) is 17.1 Å². The van der Waals surface area contributed by atoms with Gasteiger partial charge in [0.05, 0.1) is 15.9 Å². The Hall–Kier alpha value is -3.62. The van der Waals surface area contributed by atoms with Crippen molar-refractivity contribution in [1.82, 2.24) is 19.5 Å². The molecule has 0 aliphatic heterocycles. The average molecular weight is 401 g/mol. The molecule has 3 aromatic carbocycles. The predicted octanol–water partition coefficient (Wildman–Crippen LogP) is 3.28. The molecule has 7 nitrogen and oxygen atoms in total. The van der Waals surface area contributed by atoms with Crippen molar-refractivity contribution < 1.29 is 8.42 Å². The highest BCUT2D eigenvalue weighted by Crippen LogP contribution is 2.28. The van der Waals surface area contributed by atoms with Gasteiger partial charge in [0.2, 0.25) is 10.0 Å². The molecule has 0 bridgehead atoms. The summed E-state index contributed by atoms with van der Waals surface area (Å²) >= 11 is 0. The van der Waals surface area contributed by atoms with Crippen LogP contribution in [0.25, 0.3) is 39.4 Å². The van der Waals surface area contributed by atoms with E-state index in [1.165, 1.54) is 12.1 Å². The summed E-state index contributed by atoms with van der Waals surface area (Å²) in [6, 6.07) is 23.6. The quantitative estimate of drug-likeness (QED) is 0.500. The van der Waals surface area contributed by atoms with Gasteiger partial charge in [-0.25, -0.2) is 28.5 Å². The van der Waals surface area contributed by atoms with Crippen LogP contribution in [0.4, 0.5) is 0 Å². The van der Waals surface area contributed by atoms with Crippen molar-refractivity contribution >= 4 is 32.4 Å². The second-order valence-electron chi connectivity index (χ2n) is 6.54. The fourth-order valence-corrected chi connectivity index (χ4v) is 3.78. The third-order valence-electron chi connectivity index (χ3n) is 4.63. The third kappa shape index (κ3) is 3.04. The SMILES string of the molecule is NS(=O)(=O)c1ccc(-n2c(-c3ccccc3)nc3nc4ccccc4nc32)cc1. The van der Waals surface area contributed by atoms with Gasteiger partial charge in [0, 0.05) is 11.3 Å². The van der Waals surface area contributed by atoms with Crippen LogP contribution in [-0.4, -0.2) is 27.9 Å². The Balaban J connectivity index is 1.82. The lowest BCUT2D eigenvalue weighted by Crippen LogP contribution is -2.12. The summed E-state index contributed by atoms with van der Waals surface area (Å²) in [6.07, 6.45) is 0. The molecule has 0 spiro atoms. The molecule has 2 aromatic heterocycles. The van der Waals surface area contributed by atoms with Crippen molar-refractivity contribution in [1.29, 1.82) is 0 Å². The Labute approximate surface area is 166 Å². The van der Waals surface area contributed by atoms with E-state index in [1.807, 2.05) is 59.2 Å². The van der Waals surface area contributed by atoms with Crippen LogP contribution < -0.4 is 5.14 Å². The van der Waals surface area contributed by atoms with E-state index in [-0.39, 0.29) is 4.90 Å². The van der Waals surface area contributed by atoms with E-state index in [2.05, 4.69) is 4.98 Å². The highest BCUT2D eigenvalue weighted by atomic mass is 32.2. The minimum atomic E-state index is -3.77. The molecule has 29 heavy (non-hydrogen) atoms. The predicted molar refractivity (Wildman–Crippen MR) is 111 cm³/mol. The van der Waals surface area contributed by atoms with Gasteiger partial charge in [-0.05, 0) is 36.4 Å². The number of fused-ring (bicyclic) bond motifs is 2. The van der Waals surface area contributed by atoms with Crippen LogP contribution in [0.15, 0.2) is 83.8 Å². The number of rotatable bonds is 3.